The molecule has 1 amide bonds. The topological polar surface area (TPSA) is 38.3 Å². The van der Waals surface area contributed by atoms with Crippen molar-refractivity contribution in [1.29, 1.82) is 0 Å². The number of hydrogen-bond acceptors (Lipinski definition) is 2. The van der Waals surface area contributed by atoms with E-state index in [1.54, 1.807) is 19.2 Å². The monoisotopic (exact) mass is 299 g/mol. The average Bonchev–Trinajstić information content (AvgIpc) is 2.38. The van der Waals surface area contributed by atoms with Crippen molar-refractivity contribution in [3.63, 3.8) is 0 Å². The van der Waals surface area contributed by atoms with E-state index in [0.717, 1.165) is 11.8 Å². The molecule has 0 heterocycles. The Balaban J connectivity index is 2.90. The fraction of sp³-hybridized carbons (Fsp3) is 0.462. The average molecular weight is 300 g/mol. The number of ether oxygens (including phenoxy) is 1. The van der Waals surface area contributed by atoms with E-state index in [1.807, 2.05) is 26.0 Å². The molecule has 0 aliphatic carbocycles. The lowest BCUT2D eigenvalue weighted by Gasteiger charge is -2.27. The second kappa shape index (κ2) is 6.05. The summed E-state index contributed by atoms with van der Waals surface area (Å²) in [7, 11) is 1.57. The first-order valence-corrected chi connectivity index (χ1v) is 6.70. The lowest BCUT2D eigenvalue weighted by Crippen LogP contribution is -2.47. The maximum Gasteiger partial charge on any atom is 0.255 e. The molecule has 0 fully saturated rings. The van der Waals surface area contributed by atoms with Crippen LogP contribution >= 0.6 is 15.9 Å². The molecule has 0 aromatic heterocycles. The Kier molecular flexibility index (Phi) is 5.00. The largest absolute Gasteiger partial charge is 0.496 e. The molecule has 1 N–H and O–H groups in total. The van der Waals surface area contributed by atoms with Gasteiger partial charge in [0.25, 0.3) is 5.91 Å². The summed E-state index contributed by atoms with van der Waals surface area (Å²) in [6.45, 7) is 4.05. The van der Waals surface area contributed by atoms with Crippen LogP contribution in [0.25, 0.3) is 0 Å². The maximum absolute atomic E-state index is 12.1. The number of amides is 1. The normalized spacial score (nSPS) is 13.9. The number of hydrogen-bond donors (Lipinski definition) is 1. The number of benzene rings is 1. The predicted octanol–water partition coefficient (Wildman–Crippen LogP) is 2.99. The van der Waals surface area contributed by atoms with E-state index in [2.05, 4.69) is 21.2 Å². The molecular weight excluding hydrogens is 282 g/mol. The molecular formula is C13H18BrNO2. The van der Waals surface area contributed by atoms with Crippen molar-refractivity contribution >= 4 is 21.8 Å². The zero-order valence-corrected chi connectivity index (χ0v) is 12.0. The highest BCUT2D eigenvalue weighted by Gasteiger charge is 2.24. The third-order valence-corrected chi connectivity index (χ3v) is 4.08. The Morgan fingerprint density at radius 3 is 2.65 bits per heavy atom. The zero-order valence-electron chi connectivity index (χ0n) is 10.4. The van der Waals surface area contributed by atoms with Gasteiger partial charge in [0.2, 0.25) is 0 Å². The summed E-state index contributed by atoms with van der Waals surface area (Å²) in [5, 5.41) is 3.74. The molecule has 0 bridgehead atoms. The number of rotatable bonds is 5. The number of carbonyl (C=O) groups excluding carboxylic acids is 1. The SMILES string of the molecule is CCC(C)(CBr)NC(=O)c1ccccc1OC. The van der Waals surface area contributed by atoms with E-state index < -0.39 is 0 Å². The predicted molar refractivity (Wildman–Crippen MR) is 73.0 cm³/mol. The number of alkyl halides is 1. The molecule has 94 valence electrons. The summed E-state index contributed by atoms with van der Waals surface area (Å²) < 4.78 is 5.18. The van der Waals surface area contributed by atoms with Crippen LogP contribution in [0.15, 0.2) is 24.3 Å². The summed E-state index contributed by atoms with van der Waals surface area (Å²) in [6.07, 6.45) is 0.860. The lowest BCUT2D eigenvalue weighted by atomic mass is 10.0. The van der Waals surface area contributed by atoms with Crippen LogP contribution in [0.2, 0.25) is 0 Å². The number of methoxy groups -OCH3 is 1. The number of halogens is 1. The Morgan fingerprint density at radius 1 is 1.47 bits per heavy atom. The molecule has 0 aliphatic rings. The van der Waals surface area contributed by atoms with Crippen LogP contribution in [0.4, 0.5) is 0 Å². The zero-order chi connectivity index (χ0) is 12.9. The molecule has 1 atom stereocenters. The van der Waals surface area contributed by atoms with E-state index >= 15 is 0 Å². The minimum atomic E-state index is -0.238. The summed E-state index contributed by atoms with van der Waals surface area (Å²) in [6, 6.07) is 7.22. The van der Waals surface area contributed by atoms with Crippen molar-refractivity contribution in [1.82, 2.24) is 5.32 Å². The fourth-order valence-corrected chi connectivity index (χ4v) is 1.93. The third-order valence-electron chi connectivity index (χ3n) is 2.84. The van der Waals surface area contributed by atoms with Gasteiger partial charge in [0, 0.05) is 10.9 Å². The van der Waals surface area contributed by atoms with Gasteiger partial charge >= 0.3 is 0 Å². The van der Waals surface area contributed by atoms with Crippen molar-refractivity contribution in [3.8, 4) is 5.75 Å². The Morgan fingerprint density at radius 2 is 2.12 bits per heavy atom. The van der Waals surface area contributed by atoms with Gasteiger partial charge < -0.3 is 10.1 Å². The van der Waals surface area contributed by atoms with Gasteiger partial charge in [-0.15, -0.1) is 0 Å². The summed E-state index contributed by atoms with van der Waals surface area (Å²) >= 11 is 3.42. The van der Waals surface area contributed by atoms with Gasteiger partial charge in [-0.2, -0.15) is 0 Å². The second-order valence-electron chi connectivity index (χ2n) is 4.20. The molecule has 0 saturated carbocycles. The smallest absolute Gasteiger partial charge is 0.255 e. The summed E-state index contributed by atoms with van der Waals surface area (Å²) in [5.74, 6) is 0.490. The van der Waals surface area contributed by atoms with Gasteiger partial charge in [0.1, 0.15) is 5.75 Å². The standard InChI is InChI=1S/C13H18BrNO2/c1-4-13(2,9-14)15-12(16)10-7-5-6-8-11(10)17-3/h5-8H,4,9H2,1-3H3,(H,15,16). The number of carbonyl (C=O) groups is 1. The van der Waals surface area contributed by atoms with Crippen LogP contribution < -0.4 is 10.1 Å². The molecule has 0 spiro atoms. The van der Waals surface area contributed by atoms with Crippen LogP contribution in [0.1, 0.15) is 30.6 Å². The first kappa shape index (κ1) is 14.0. The Bertz CT molecular complexity index is 389. The summed E-state index contributed by atoms with van der Waals surface area (Å²) in [5.41, 5.74) is 0.327. The van der Waals surface area contributed by atoms with Crippen molar-refractivity contribution in [2.75, 3.05) is 12.4 Å². The van der Waals surface area contributed by atoms with Crippen molar-refractivity contribution in [2.24, 2.45) is 0 Å². The van der Waals surface area contributed by atoms with Crippen molar-refractivity contribution < 1.29 is 9.53 Å². The molecule has 1 unspecified atom stereocenters. The first-order valence-electron chi connectivity index (χ1n) is 5.58. The lowest BCUT2D eigenvalue weighted by molar-refractivity contribution is 0.0910. The minimum Gasteiger partial charge on any atom is -0.496 e. The van der Waals surface area contributed by atoms with Crippen molar-refractivity contribution in [2.45, 2.75) is 25.8 Å². The highest BCUT2D eigenvalue weighted by atomic mass is 79.9. The molecule has 17 heavy (non-hydrogen) atoms. The number of nitrogens with one attached hydrogen (secondary N) is 1. The van der Waals surface area contributed by atoms with E-state index in [1.165, 1.54) is 0 Å². The highest BCUT2D eigenvalue weighted by molar-refractivity contribution is 9.09. The Hall–Kier alpha value is -1.03. The number of para-hydroxylation sites is 1. The van der Waals surface area contributed by atoms with Gasteiger partial charge in [-0.3, -0.25) is 4.79 Å². The molecule has 1 aromatic carbocycles. The summed E-state index contributed by atoms with van der Waals surface area (Å²) in [4.78, 5) is 12.1. The molecule has 0 radical (unpaired) electrons. The molecule has 0 aliphatic heterocycles. The Labute approximate surface area is 111 Å². The van der Waals surface area contributed by atoms with E-state index in [-0.39, 0.29) is 11.4 Å². The van der Waals surface area contributed by atoms with E-state index in [0.29, 0.717) is 11.3 Å². The van der Waals surface area contributed by atoms with E-state index in [4.69, 9.17) is 4.74 Å². The van der Waals surface area contributed by atoms with Gasteiger partial charge in [-0.05, 0) is 25.5 Å². The van der Waals surface area contributed by atoms with Gasteiger partial charge in [0.15, 0.2) is 0 Å². The second-order valence-corrected chi connectivity index (χ2v) is 4.76. The van der Waals surface area contributed by atoms with Crippen molar-refractivity contribution in [3.05, 3.63) is 29.8 Å². The van der Waals surface area contributed by atoms with Crippen LogP contribution in [0.3, 0.4) is 0 Å². The van der Waals surface area contributed by atoms with Crippen LogP contribution in [0, 0.1) is 0 Å². The van der Waals surface area contributed by atoms with Gasteiger partial charge in [0.05, 0.1) is 12.7 Å². The third kappa shape index (κ3) is 3.46. The molecule has 1 rings (SSSR count). The quantitative estimate of drug-likeness (QED) is 0.849. The molecule has 4 heteroatoms. The molecule has 1 aromatic rings. The minimum absolute atomic E-state index is 0.105. The fourth-order valence-electron chi connectivity index (χ4n) is 1.39. The van der Waals surface area contributed by atoms with Gasteiger partial charge in [-0.25, -0.2) is 0 Å². The van der Waals surface area contributed by atoms with Crippen LogP contribution in [-0.4, -0.2) is 23.9 Å². The van der Waals surface area contributed by atoms with Gasteiger partial charge in [-0.1, -0.05) is 35.0 Å². The first-order chi connectivity index (χ1) is 8.06. The maximum atomic E-state index is 12.1. The van der Waals surface area contributed by atoms with Crippen LogP contribution in [-0.2, 0) is 0 Å². The van der Waals surface area contributed by atoms with Crippen LogP contribution in [0.5, 0.6) is 5.75 Å². The highest BCUT2D eigenvalue weighted by Crippen LogP contribution is 2.19. The molecule has 3 nitrogen and oxygen atoms in total. The van der Waals surface area contributed by atoms with E-state index in [9.17, 15) is 4.79 Å². The molecule has 0 saturated heterocycles.